The summed E-state index contributed by atoms with van der Waals surface area (Å²) in [5.74, 6) is 0.221. The average Bonchev–Trinajstić information content (AvgIpc) is 3.70. The number of unbranched alkanes of at least 4 members (excludes halogenated alkanes) is 5. The summed E-state index contributed by atoms with van der Waals surface area (Å²) in [7, 11) is 0. The number of hydrogen-bond donors (Lipinski definition) is 6. The van der Waals surface area contributed by atoms with E-state index < -0.39 is 11.2 Å². The third-order valence-corrected chi connectivity index (χ3v) is 8.28. The minimum absolute atomic E-state index is 0.0449. The number of hydrogen-bond acceptors (Lipinski definition) is 8. The Hall–Kier alpha value is -2.92. The second-order valence-electron chi connectivity index (χ2n) is 10.3. The van der Waals surface area contributed by atoms with Crippen LogP contribution in [0, 0.1) is 0 Å². The molecular formula is C26H34N4O6. The fourth-order valence-electron chi connectivity index (χ4n) is 6.40. The van der Waals surface area contributed by atoms with Gasteiger partial charge in [-0.15, -0.1) is 0 Å². The molecule has 0 aromatic carbocycles. The minimum atomic E-state index is -0.830. The molecule has 10 nitrogen and oxygen atoms in total. The molecule has 194 valence electrons. The number of nitrogens with two attached hydrogens (primary N) is 2. The first-order chi connectivity index (χ1) is 17.4. The van der Waals surface area contributed by atoms with Gasteiger partial charge in [-0.2, -0.15) is 0 Å². The summed E-state index contributed by atoms with van der Waals surface area (Å²) in [6.07, 6.45) is 12.4. The van der Waals surface area contributed by atoms with Crippen LogP contribution in [0.1, 0.15) is 73.0 Å². The van der Waals surface area contributed by atoms with Gasteiger partial charge >= 0.3 is 0 Å². The molecule has 6 heterocycles. The van der Waals surface area contributed by atoms with Crippen molar-refractivity contribution in [1.82, 2.24) is 9.13 Å². The van der Waals surface area contributed by atoms with E-state index in [-0.39, 0.29) is 48.8 Å². The topological polar surface area (TPSA) is 161 Å². The molecule has 0 aliphatic carbocycles. The Bertz CT molecular complexity index is 1170. The monoisotopic (exact) mass is 498 g/mol. The van der Waals surface area contributed by atoms with Gasteiger partial charge in [0.1, 0.15) is 23.4 Å². The van der Waals surface area contributed by atoms with Gasteiger partial charge in [0.2, 0.25) is 23.5 Å². The molecular weight excluding hydrogens is 464 g/mol. The lowest BCUT2D eigenvalue weighted by Gasteiger charge is -2.21. The van der Waals surface area contributed by atoms with Crippen LogP contribution in [-0.4, -0.2) is 42.6 Å². The summed E-state index contributed by atoms with van der Waals surface area (Å²) < 4.78 is 14.9. The Morgan fingerprint density at radius 2 is 1.03 bits per heavy atom. The number of nitrogens with zero attached hydrogens (tertiary/aromatic N) is 2. The predicted molar refractivity (Wildman–Crippen MR) is 131 cm³/mol. The maximum Gasteiger partial charge on any atom is 0.200 e. The highest BCUT2D eigenvalue weighted by molar-refractivity contribution is 5.59. The van der Waals surface area contributed by atoms with Crippen LogP contribution < -0.4 is 11.5 Å². The lowest BCUT2D eigenvalue weighted by molar-refractivity contribution is 0.000790. The van der Waals surface area contributed by atoms with Crippen LogP contribution in [0.15, 0.2) is 24.3 Å². The van der Waals surface area contributed by atoms with Gasteiger partial charge in [0.25, 0.3) is 0 Å². The van der Waals surface area contributed by atoms with Crippen molar-refractivity contribution in [1.29, 1.82) is 0 Å². The van der Waals surface area contributed by atoms with Gasteiger partial charge in [-0.05, 0) is 25.0 Å². The maximum atomic E-state index is 10.8. The summed E-state index contributed by atoms with van der Waals surface area (Å²) in [6.45, 7) is 1.47. The van der Waals surface area contributed by atoms with Crippen molar-refractivity contribution in [2.75, 3.05) is 13.1 Å². The highest BCUT2D eigenvalue weighted by Crippen LogP contribution is 2.58. The molecule has 4 unspecified atom stereocenters. The number of ether oxygens (including phenoxy) is 2. The first-order valence-corrected chi connectivity index (χ1v) is 12.8. The van der Waals surface area contributed by atoms with Crippen molar-refractivity contribution in [3.63, 3.8) is 0 Å². The van der Waals surface area contributed by atoms with Gasteiger partial charge in [0.15, 0.2) is 0 Å². The zero-order valence-electron chi connectivity index (χ0n) is 20.2. The van der Waals surface area contributed by atoms with E-state index in [4.69, 9.17) is 20.9 Å². The van der Waals surface area contributed by atoms with Crippen molar-refractivity contribution in [2.45, 2.75) is 75.0 Å². The average molecular weight is 499 g/mol. The molecule has 0 saturated carbocycles. The lowest BCUT2D eigenvalue weighted by atomic mass is 9.90. The van der Waals surface area contributed by atoms with E-state index in [0.717, 1.165) is 38.5 Å². The third kappa shape index (κ3) is 3.05. The van der Waals surface area contributed by atoms with Crippen molar-refractivity contribution in [3.05, 3.63) is 46.6 Å². The smallest absolute Gasteiger partial charge is 0.200 e. The van der Waals surface area contributed by atoms with Gasteiger partial charge in [-0.25, -0.2) is 0 Å². The van der Waals surface area contributed by atoms with Crippen molar-refractivity contribution >= 4 is 0 Å². The second-order valence-corrected chi connectivity index (χ2v) is 10.3. The normalized spacial score (nSPS) is 28.5. The van der Waals surface area contributed by atoms with E-state index in [1.807, 2.05) is 24.3 Å². The van der Waals surface area contributed by atoms with Crippen molar-refractivity contribution < 1.29 is 29.9 Å². The van der Waals surface area contributed by atoms with Crippen LogP contribution in [0.25, 0.3) is 0 Å². The van der Waals surface area contributed by atoms with E-state index in [1.165, 1.54) is 0 Å². The zero-order chi connectivity index (χ0) is 25.2. The fraction of sp³-hybridized carbons (Fsp3) is 0.538. The first kappa shape index (κ1) is 23.5. The number of aromatic nitrogens is 2. The first-order valence-electron chi connectivity index (χ1n) is 12.8. The Morgan fingerprint density at radius 1 is 0.639 bits per heavy atom. The largest absolute Gasteiger partial charge is 0.494 e. The highest BCUT2D eigenvalue weighted by atomic mass is 16.5. The van der Waals surface area contributed by atoms with Crippen LogP contribution in [0.2, 0.25) is 0 Å². The molecule has 6 rings (SSSR count). The Labute approximate surface area is 209 Å². The van der Waals surface area contributed by atoms with Crippen LogP contribution in [0.3, 0.4) is 0 Å². The molecule has 2 aromatic heterocycles. The standard InChI is InChI=1S/C26H34N4O6/c27-13-25-9-7-15(35-25)17-19(25)23(33)29(21(17)31)11-5-3-1-2-4-6-12-30-22(32)18-16-8-10-26(14-28,36-16)20(18)24(30)34/h7-10,15-16,31-34H,1-6,11-14,27-28H2. The van der Waals surface area contributed by atoms with Crippen LogP contribution in [0.5, 0.6) is 23.5 Å². The number of aromatic hydroxyl groups is 4. The quantitative estimate of drug-likeness (QED) is 0.204. The van der Waals surface area contributed by atoms with Crippen molar-refractivity contribution in [3.8, 4) is 23.5 Å². The van der Waals surface area contributed by atoms with Gasteiger partial charge in [-0.3, -0.25) is 9.13 Å². The molecule has 8 N–H and O–H groups in total. The van der Waals surface area contributed by atoms with E-state index in [1.54, 1.807) is 9.13 Å². The SMILES string of the molecule is NCC12C=CC(O1)c1c2c(O)n(CCCCCCCCn2c(O)c3c(c2O)C2(CN)C=CC3O2)c1O. The maximum absolute atomic E-state index is 10.8. The van der Waals surface area contributed by atoms with Crippen LogP contribution in [-0.2, 0) is 33.8 Å². The number of fused-ring (bicyclic) bond motifs is 10. The van der Waals surface area contributed by atoms with Gasteiger partial charge in [-0.1, -0.05) is 37.8 Å². The molecule has 4 atom stereocenters. The van der Waals surface area contributed by atoms with Gasteiger partial charge in [0.05, 0.1) is 22.3 Å². The summed E-state index contributed by atoms with van der Waals surface area (Å²) >= 11 is 0. The molecule has 4 bridgehead atoms. The number of rotatable bonds is 11. The molecule has 0 amide bonds. The lowest BCUT2D eigenvalue weighted by Crippen LogP contribution is -2.31. The molecule has 10 heteroatoms. The van der Waals surface area contributed by atoms with Crippen molar-refractivity contribution in [2.24, 2.45) is 11.5 Å². The van der Waals surface area contributed by atoms with Gasteiger partial charge < -0.3 is 41.4 Å². The van der Waals surface area contributed by atoms with Crippen LogP contribution in [0.4, 0.5) is 0 Å². The second kappa shape index (κ2) is 8.31. The van der Waals surface area contributed by atoms with Gasteiger partial charge in [0, 0.05) is 26.2 Å². The molecule has 36 heavy (non-hydrogen) atoms. The predicted octanol–water partition coefficient (Wildman–Crippen LogP) is 2.74. The van der Waals surface area contributed by atoms with E-state index >= 15 is 0 Å². The minimum Gasteiger partial charge on any atom is -0.494 e. The summed E-state index contributed by atoms with van der Waals surface area (Å²) in [4.78, 5) is 0. The fourth-order valence-corrected chi connectivity index (χ4v) is 6.40. The van der Waals surface area contributed by atoms with Crippen LogP contribution >= 0.6 is 0 Å². The highest BCUT2D eigenvalue weighted by Gasteiger charge is 2.53. The molecule has 0 fully saturated rings. The Morgan fingerprint density at radius 3 is 1.42 bits per heavy atom. The third-order valence-electron chi connectivity index (χ3n) is 8.28. The molecule has 0 radical (unpaired) electrons. The Balaban J connectivity index is 0.973. The zero-order valence-corrected chi connectivity index (χ0v) is 20.2. The molecule has 0 spiro atoms. The summed E-state index contributed by atoms with van der Waals surface area (Å²) in [5, 5.41) is 42.9. The van der Waals surface area contributed by atoms with E-state index in [9.17, 15) is 20.4 Å². The molecule has 0 saturated heterocycles. The molecule has 4 aliphatic rings. The summed E-state index contributed by atoms with van der Waals surface area (Å²) in [6, 6.07) is 0. The van der Waals surface area contributed by atoms with E-state index in [2.05, 4.69) is 0 Å². The summed E-state index contributed by atoms with van der Waals surface area (Å²) in [5.41, 5.74) is 12.6. The Kier molecular flexibility index (Phi) is 5.42. The molecule has 2 aromatic rings. The molecule has 4 aliphatic heterocycles. The van der Waals surface area contributed by atoms with E-state index in [0.29, 0.717) is 35.3 Å².